The molecule has 1 aliphatic rings. The van der Waals surface area contributed by atoms with Gasteiger partial charge in [0.15, 0.2) is 0 Å². The second-order valence-corrected chi connectivity index (χ2v) is 20.2. The lowest BCUT2D eigenvalue weighted by atomic mass is 9.81. The molecule has 0 atom stereocenters. The van der Waals surface area contributed by atoms with E-state index in [1.165, 1.54) is 88.2 Å². The van der Waals surface area contributed by atoms with Gasteiger partial charge in [-0.15, -0.1) is 0 Å². The van der Waals surface area contributed by atoms with Crippen molar-refractivity contribution < 1.29 is 0 Å². The van der Waals surface area contributed by atoms with Crippen LogP contribution >= 0.6 is 0 Å². The Morgan fingerprint density at radius 2 is 0.716 bits per heavy atom. The van der Waals surface area contributed by atoms with Crippen LogP contribution in [0.15, 0.2) is 273 Å². The highest BCUT2D eigenvalue weighted by Gasteiger charge is 2.36. The normalized spacial score (nSPS) is 12.6. The van der Waals surface area contributed by atoms with Gasteiger partial charge in [-0.1, -0.05) is 178 Å². The van der Waals surface area contributed by atoms with Crippen molar-refractivity contribution in [3.05, 3.63) is 284 Å². The second kappa shape index (κ2) is 17.4. The molecule has 1 aliphatic carbocycles. The SMILES string of the molecule is CC1(C)c2cc(-c3cc4ccc5cccc6c5c4c(c3)n6-c3ccc(-c4ccccc4)cc3)ccc2-c2ccc(N(c3ccc(-c4ccccc4)cc3)c3ccc(N(c4ccccc4)c4ccccc4)cc3)cc21. The molecule has 0 aliphatic heterocycles. The average Bonchev–Trinajstić information content (AvgIpc) is 3.92. The van der Waals surface area contributed by atoms with Crippen molar-refractivity contribution in [2.75, 3.05) is 9.80 Å². The Morgan fingerprint density at radius 1 is 0.284 bits per heavy atom. The molecule has 14 rings (SSSR count). The zero-order chi connectivity index (χ0) is 49.3. The molecule has 0 N–H and O–H groups in total. The van der Waals surface area contributed by atoms with Crippen LogP contribution in [-0.4, -0.2) is 4.57 Å². The second-order valence-electron chi connectivity index (χ2n) is 20.2. The summed E-state index contributed by atoms with van der Waals surface area (Å²) in [6, 6.07) is 100.0. The van der Waals surface area contributed by atoms with Crippen molar-refractivity contribution in [2.24, 2.45) is 0 Å². The Morgan fingerprint density at radius 3 is 1.31 bits per heavy atom. The number of para-hydroxylation sites is 2. The van der Waals surface area contributed by atoms with E-state index in [-0.39, 0.29) is 5.41 Å². The van der Waals surface area contributed by atoms with Gasteiger partial charge in [-0.05, 0) is 176 Å². The van der Waals surface area contributed by atoms with Crippen molar-refractivity contribution in [2.45, 2.75) is 19.3 Å². The number of hydrogen-bond donors (Lipinski definition) is 0. The van der Waals surface area contributed by atoms with Gasteiger partial charge in [-0.25, -0.2) is 0 Å². The standard InChI is InChI=1S/C71H51N3/c1-71(2)65-45-53(55-44-54-27-26-52-20-15-25-67-69(52)70(54)68(46-55)74(67)61-35-30-51(31-36-61)49-18-9-4-10-19-49)32-42-63(65)64-43-41-62(47-66(64)71)73(58-33-28-50(29-34-58)48-16-7-3-8-17-48)60-39-37-59(38-40-60)72(56-21-11-5-12-22-56)57-23-13-6-14-24-57/h3-47H,1-2H3. The number of aromatic nitrogens is 1. The molecule has 0 fully saturated rings. The van der Waals surface area contributed by atoms with E-state index in [1.807, 2.05) is 0 Å². The third kappa shape index (κ3) is 7.19. The summed E-state index contributed by atoms with van der Waals surface area (Å²) < 4.78 is 2.47. The monoisotopic (exact) mass is 945 g/mol. The fraction of sp³-hybridized carbons (Fsp3) is 0.0423. The number of nitrogens with zero attached hydrogens (tertiary/aromatic N) is 3. The summed E-state index contributed by atoms with van der Waals surface area (Å²) in [5, 5.41) is 5.15. The molecule has 1 heterocycles. The van der Waals surface area contributed by atoms with Crippen molar-refractivity contribution in [3.8, 4) is 50.2 Å². The predicted octanol–water partition coefficient (Wildman–Crippen LogP) is 19.6. The van der Waals surface area contributed by atoms with E-state index in [0.717, 1.165) is 39.8 Å². The lowest BCUT2D eigenvalue weighted by Crippen LogP contribution is -2.17. The zero-order valence-corrected chi connectivity index (χ0v) is 41.3. The number of anilines is 6. The van der Waals surface area contributed by atoms with Gasteiger partial charge in [0.1, 0.15) is 0 Å². The molecule has 1 aromatic heterocycles. The number of benzene rings is 12. The third-order valence-electron chi connectivity index (χ3n) is 15.5. The summed E-state index contributed by atoms with van der Waals surface area (Å²) in [7, 11) is 0. The summed E-state index contributed by atoms with van der Waals surface area (Å²) in [6.45, 7) is 4.80. The molecule has 0 saturated heterocycles. The van der Waals surface area contributed by atoms with E-state index in [4.69, 9.17) is 0 Å². The molecule has 0 spiro atoms. The summed E-state index contributed by atoms with van der Waals surface area (Å²) in [5.74, 6) is 0. The van der Waals surface area contributed by atoms with Crippen LogP contribution in [0.1, 0.15) is 25.0 Å². The Kier molecular flexibility index (Phi) is 10.2. The number of hydrogen-bond acceptors (Lipinski definition) is 2. The highest BCUT2D eigenvalue weighted by atomic mass is 15.2. The molecule has 3 nitrogen and oxygen atoms in total. The summed E-state index contributed by atoms with van der Waals surface area (Å²) >= 11 is 0. The van der Waals surface area contributed by atoms with Crippen LogP contribution in [0.2, 0.25) is 0 Å². The quantitative estimate of drug-likeness (QED) is 0.127. The maximum Gasteiger partial charge on any atom is 0.0553 e. The lowest BCUT2D eigenvalue weighted by Gasteiger charge is -2.29. The first-order chi connectivity index (χ1) is 36.4. The molecule has 0 bridgehead atoms. The van der Waals surface area contributed by atoms with Gasteiger partial charge in [0.05, 0.1) is 11.0 Å². The van der Waals surface area contributed by atoms with Crippen LogP contribution in [-0.2, 0) is 5.41 Å². The van der Waals surface area contributed by atoms with Crippen LogP contribution < -0.4 is 9.80 Å². The first-order valence-electron chi connectivity index (χ1n) is 25.7. The first kappa shape index (κ1) is 43.4. The molecule has 0 amide bonds. The van der Waals surface area contributed by atoms with Gasteiger partial charge in [0.2, 0.25) is 0 Å². The maximum absolute atomic E-state index is 2.47. The van der Waals surface area contributed by atoms with Crippen molar-refractivity contribution in [3.63, 3.8) is 0 Å². The Hall–Kier alpha value is -9.44. The molecule has 0 unspecified atom stereocenters. The minimum Gasteiger partial charge on any atom is -0.311 e. The lowest BCUT2D eigenvalue weighted by molar-refractivity contribution is 0.660. The zero-order valence-electron chi connectivity index (χ0n) is 41.3. The van der Waals surface area contributed by atoms with E-state index in [0.29, 0.717) is 0 Å². The van der Waals surface area contributed by atoms with Crippen LogP contribution in [0, 0.1) is 0 Å². The predicted molar refractivity (Wildman–Crippen MR) is 313 cm³/mol. The van der Waals surface area contributed by atoms with Crippen molar-refractivity contribution >= 4 is 66.7 Å². The van der Waals surface area contributed by atoms with Gasteiger partial charge < -0.3 is 14.4 Å². The van der Waals surface area contributed by atoms with Crippen molar-refractivity contribution in [1.29, 1.82) is 0 Å². The van der Waals surface area contributed by atoms with Gasteiger partial charge in [-0.2, -0.15) is 0 Å². The van der Waals surface area contributed by atoms with Gasteiger partial charge in [0, 0.05) is 56.0 Å². The molecule has 12 aromatic carbocycles. The fourth-order valence-corrected chi connectivity index (χ4v) is 11.8. The maximum atomic E-state index is 2.47. The van der Waals surface area contributed by atoms with E-state index < -0.39 is 0 Å². The third-order valence-corrected chi connectivity index (χ3v) is 15.5. The molecule has 0 radical (unpaired) electrons. The minimum absolute atomic E-state index is 0.266. The molecular weight excluding hydrogens is 895 g/mol. The highest BCUT2D eigenvalue weighted by molar-refractivity contribution is 6.25. The Bertz CT molecular complexity index is 4120. The highest BCUT2D eigenvalue weighted by Crippen LogP contribution is 2.52. The molecule has 0 saturated carbocycles. The van der Waals surface area contributed by atoms with Crippen molar-refractivity contribution in [1.82, 2.24) is 4.57 Å². The van der Waals surface area contributed by atoms with E-state index >= 15 is 0 Å². The topological polar surface area (TPSA) is 11.4 Å². The van der Waals surface area contributed by atoms with Crippen LogP contribution in [0.5, 0.6) is 0 Å². The number of rotatable bonds is 10. The first-order valence-corrected chi connectivity index (χ1v) is 25.7. The molecular formula is C71H51N3. The smallest absolute Gasteiger partial charge is 0.0553 e. The number of fused-ring (bicyclic) bond motifs is 3. The molecule has 74 heavy (non-hydrogen) atoms. The Labute approximate surface area is 432 Å². The Balaban J connectivity index is 0.853. The average molecular weight is 946 g/mol. The van der Waals surface area contributed by atoms with Crippen LogP contribution in [0.3, 0.4) is 0 Å². The van der Waals surface area contributed by atoms with E-state index in [2.05, 4.69) is 301 Å². The summed E-state index contributed by atoms with van der Waals surface area (Å²) in [5.41, 5.74) is 22.5. The minimum atomic E-state index is -0.266. The van der Waals surface area contributed by atoms with E-state index in [1.54, 1.807) is 0 Å². The van der Waals surface area contributed by atoms with Gasteiger partial charge >= 0.3 is 0 Å². The summed E-state index contributed by atoms with van der Waals surface area (Å²) in [4.78, 5) is 4.73. The van der Waals surface area contributed by atoms with Crippen LogP contribution in [0.25, 0.3) is 82.8 Å². The van der Waals surface area contributed by atoms with Gasteiger partial charge in [-0.3, -0.25) is 0 Å². The molecule has 13 aromatic rings. The molecule has 350 valence electrons. The van der Waals surface area contributed by atoms with E-state index in [9.17, 15) is 0 Å². The largest absolute Gasteiger partial charge is 0.311 e. The summed E-state index contributed by atoms with van der Waals surface area (Å²) in [6.07, 6.45) is 0. The van der Waals surface area contributed by atoms with Gasteiger partial charge in [0.25, 0.3) is 0 Å². The fourth-order valence-electron chi connectivity index (χ4n) is 11.8. The molecule has 3 heteroatoms. The van der Waals surface area contributed by atoms with Crippen LogP contribution in [0.4, 0.5) is 34.1 Å².